The van der Waals surface area contributed by atoms with E-state index in [1.54, 1.807) is 12.4 Å². The Bertz CT molecular complexity index is 522. The summed E-state index contributed by atoms with van der Waals surface area (Å²) in [6.45, 7) is 5.91. The molecule has 0 aliphatic rings. The minimum absolute atomic E-state index is 0.406. The van der Waals surface area contributed by atoms with Crippen molar-refractivity contribution in [2.75, 3.05) is 0 Å². The van der Waals surface area contributed by atoms with Crippen molar-refractivity contribution in [3.8, 4) is 0 Å². The van der Waals surface area contributed by atoms with Crippen molar-refractivity contribution in [2.45, 2.75) is 32.9 Å². The number of alkyl carbamates (subject to hydrolysis) is 1. The van der Waals surface area contributed by atoms with Crippen molar-refractivity contribution in [1.82, 2.24) is 15.3 Å². The summed E-state index contributed by atoms with van der Waals surface area (Å²) in [6.07, 6.45) is 3.09. The van der Waals surface area contributed by atoms with E-state index in [0.717, 1.165) is 16.6 Å². The summed E-state index contributed by atoms with van der Waals surface area (Å²) in [4.78, 5) is 18.7. The van der Waals surface area contributed by atoms with E-state index in [2.05, 4.69) is 15.3 Å². The highest BCUT2D eigenvalue weighted by atomic mass is 16.6. The molecule has 0 bridgehead atoms. The Morgan fingerprint density at radius 1 is 1.50 bits per heavy atom. The van der Waals surface area contributed by atoms with Crippen LogP contribution >= 0.6 is 0 Å². The number of fused-ring (bicyclic) bond motifs is 1. The highest BCUT2D eigenvalue weighted by Crippen LogP contribution is 2.13. The summed E-state index contributed by atoms with van der Waals surface area (Å²) in [5.41, 5.74) is 1.45. The summed E-state index contributed by atoms with van der Waals surface area (Å²) >= 11 is 0. The normalized spacial score (nSPS) is 11.5. The molecular weight excluding hydrogens is 230 g/mol. The maximum absolute atomic E-state index is 11.5. The molecule has 18 heavy (non-hydrogen) atoms. The number of nitrogens with one attached hydrogen (secondary N) is 2. The van der Waals surface area contributed by atoms with Gasteiger partial charge in [0, 0.05) is 29.0 Å². The Labute approximate surface area is 106 Å². The summed E-state index contributed by atoms with van der Waals surface area (Å²) in [7, 11) is 0. The molecule has 2 N–H and O–H groups in total. The average molecular weight is 247 g/mol. The maximum Gasteiger partial charge on any atom is 0.407 e. The first-order valence-electron chi connectivity index (χ1n) is 5.82. The number of amides is 1. The number of aromatic amines is 1. The van der Waals surface area contributed by atoms with Gasteiger partial charge in [0.15, 0.2) is 0 Å². The standard InChI is InChI=1S/C13H17N3O2/c1-13(2,3)18-12(17)15-8-10-6-9-7-14-5-4-11(9)16-10/h4-7,16H,8H2,1-3H3,(H,15,17). The number of rotatable bonds is 2. The first kappa shape index (κ1) is 12.4. The van der Waals surface area contributed by atoms with Gasteiger partial charge in [-0.3, -0.25) is 4.98 Å². The number of hydrogen-bond donors (Lipinski definition) is 2. The molecule has 0 saturated heterocycles. The molecule has 96 valence electrons. The Balaban J connectivity index is 1.96. The van der Waals surface area contributed by atoms with Gasteiger partial charge in [-0.15, -0.1) is 0 Å². The van der Waals surface area contributed by atoms with E-state index in [0.29, 0.717) is 6.54 Å². The van der Waals surface area contributed by atoms with Crippen LogP contribution in [0.3, 0.4) is 0 Å². The average Bonchev–Trinajstić information content (AvgIpc) is 2.66. The van der Waals surface area contributed by atoms with Crippen molar-refractivity contribution in [2.24, 2.45) is 0 Å². The van der Waals surface area contributed by atoms with E-state index in [9.17, 15) is 4.79 Å². The molecule has 5 heteroatoms. The fourth-order valence-electron chi connectivity index (χ4n) is 1.61. The van der Waals surface area contributed by atoms with Gasteiger partial charge in [0.2, 0.25) is 0 Å². The van der Waals surface area contributed by atoms with E-state index < -0.39 is 11.7 Å². The second-order valence-electron chi connectivity index (χ2n) is 5.11. The molecule has 0 unspecified atom stereocenters. The monoisotopic (exact) mass is 247 g/mol. The number of hydrogen-bond acceptors (Lipinski definition) is 3. The molecule has 0 aliphatic carbocycles. The zero-order valence-electron chi connectivity index (χ0n) is 10.8. The third kappa shape index (κ3) is 3.23. The lowest BCUT2D eigenvalue weighted by atomic mass is 10.2. The SMILES string of the molecule is CC(C)(C)OC(=O)NCc1cc2cnccc2[nH]1. The van der Waals surface area contributed by atoms with Gasteiger partial charge in [0.25, 0.3) is 0 Å². The van der Waals surface area contributed by atoms with Crippen LogP contribution in [0.4, 0.5) is 4.79 Å². The topological polar surface area (TPSA) is 67.0 Å². The molecular formula is C13H17N3O2. The molecule has 0 radical (unpaired) electrons. The number of nitrogens with zero attached hydrogens (tertiary/aromatic N) is 1. The molecule has 1 amide bonds. The minimum atomic E-state index is -0.478. The third-order valence-corrected chi connectivity index (χ3v) is 2.30. The predicted molar refractivity (Wildman–Crippen MR) is 69.2 cm³/mol. The zero-order valence-corrected chi connectivity index (χ0v) is 10.8. The van der Waals surface area contributed by atoms with Crippen LogP contribution in [0, 0.1) is 0 Å². The molecule has 0 atom stereocenters. The van der Waals surface area contributed by atoms with E-state index in [1.165, 1.54) is 0 Å². The van der Waals surface area contributed by atoms with Crippen LogP contribution < -0.4 is 5.32 Å². The van der Waals surface area contributed by atoms with Crippen molar-refractivity contribution >= 4 is 17.0 Å². The minimum Gasteiger partial charge on any atom is -0.444 e. The Kier molecular flexibility index (Phi) is 3.23. The van der Waals surface area contributed by atoms with Gasteiger partial charge in [0.1, 0.15) is 5.60 Å². The van der Waals surface area contributed by atoms with E-state index in [1.807, 2.05) is 32.9 Å². The lowest BCUT2D eigenvalue weighted by molar-refractivity contribution is 0.0523. The van der Waals surface area contributed by atoms with Gasteiger partial charge in [0.05, 0.1) is 6.54 Å². The van der Waals surface area contributed by atoms with Gasteiger partial charge < -0.3 is 15.0 Å². The molecule has 0 saturated carbocycles. The summed E-state index contributed by atoms with van der Waals surface area (Å²) < 4.78 is 5.16. The van der Waals surface area contributed by atoms with E-state index in [4.69, 9.17) is 4.74 Å². The first-order valence-corrected chi connectivity index (χ1v) is 5.82. The zero-order chi connectivity index (χ0) is 13.2. The molecule has 2 aromatic heterocycles. The largest absolute Gasteiger partial charge is 0.444 e. The number of carbonyl (C=O) groups excluding carboxylic acids is 1. The third-order valence-electron chi connectivity index (χ3n) is 2.30. The maximum atomic E-state index is 11.5. The second-order valence-corrected chi connectivity index (χ2v) is 5.11. The quantitative estimate of drug-likeness (QED) is 0.857. The van der Waals surface area contributed by atoms with Gasteiger partial charge >= 0.3 is 6.09 Å². The van der Waals surface area contributed by atoms with Crippen LogP contribution in [0.5, 0.6) is 0 Å². The van der Waals surface area contributed by atoms with Crippen LogP contribution in [0.1, 0.15) is 26.5 Å². The van der Waals surface area contributed by atoms with Gasteiger partial charge in [-0.25, -0.2) is 4.79 Å². The number of pyridine rings is 1. The summed E-state index contributed by atoms with van der Waals surface area (Å²) in [5, 5.41) is 3.73. The highest BCUT2D eigenvalue weighted by molar-refractivity contribution is 5.79. The molecule has 2 aromatic rings. The van der Waals surface area contributed by atoms with Gasteiger partial charge in [-0.2, -0.15) is 0 Å². The molecule has 5 nitrogen and oxygen atoms in total. The smallest absolute Gasteiger partial charge is 0.407 e. The lowest BCUT2D eigenvalue weighted by Gasteiger charge is -2.19. The molecule has 0 fully saturated rings. The van der Waals surface area contributed by atoms with Crippen molar-refractivity contribution in [3.63, 3.8) is 0 Å². The van der Waals surface area contributed by atoms with E-state index in [-0.39, 0.29) is 0 Å². The van der Waals surface area contributed by atoms with Gasteiger partial charge in [-0.05, 0) is 32.9 Å². The Hall–Kier alpha value is -2.04. The van der Waals surface area contributed by atoms with E-state index >= 15 is 0 Å². The molecule has 0 spiro atoms. The van der Waals surface area contributed by atoms with Crippen molar-refractivity contribution in [3.05, 3.63) is 30.2 Å². The lowest BCUT2D eigenvalue weighted by Crippen LogP contribution is -2.32. The number of aromatic nitrogens is 2. The van der Waals surface area contributed by atoms with Crippen molar-refractivity contribution in [1.29, 1.82) is 0 Å². The van der Waals surface area contributed by atoms with Crippen LogP contribution in [0.25, 0.3) is 10.9 Å². The number of H-pyrrole nitrogens is 1. The molecule has 0 aromatic carbocycles. The highest BCUT2D eigenvalue weighted by Gasteiger charge is 2.15. The first-order chi connectivity index (χ1) is 8.44. The van der Waals surface area contributed by atoms with Crippen LogP contribution in [-0.2, 0) is 11.3 Å². The fraction of sp³-hybridized carbons (Fsp3) is 0.385. The number of carbonyl (C=O) groups is 1. The van der Waals surface area contributed by atoms with Crippen LogP contribution in [-0.4, -0.2) is 21.7 Å². The molecule has 2 heterocycles. The van der Waals surface area contributed by atoms with Crippen LogP contribution in [0.2, 0.25) is 0 Å². The second kappa shape index (κ2) is 4.68. The van der Waals surface area contributed by atoms with Crippen LogP contribution in [0.15, 0.2) is 24.5 Å². The summed E-state index contributed by atoms with van der Waals surface area (Å²) in [6, 6.07) is 3.85. The van der Waals surface area contributed by atoms with Crippen molar-refractivity contribution < 1.29 is 9.53 Å². The molecule has 0 aliphatic heterocycles. The van der Waals surface area contributed by atoms with Gasteiger partial charge in [-0.1, -0.05) is 0 Å². The Morgan fingerprint density at radius 2 is 2.28 bits per heavy atom. The summed E-state index contributed by atoms with van der Waals surface area (Å²) in [5.74, 6) is 0. The predicted octanol–water partition coefficient (Wildman–Crippen LogP) is 2.59. The molecule has 2 rings (SSSR count). The fourth-order valence-corrected chi connectivity index (χ4v) is 1.61. The number of ether oxygens (including phenoxy) is 1. The Morgan fingerprint density at radius 3 is 2.94 bits per heavy atom.